The number of hydrogen-bond donors (Lipinski definition) is 2. The maximum Gasteiger partial charge on any atom is 0.319 e. The molecule has 0 radical (unpaired) electrons. The molecule has 4 saturated carbocycles. The molecule has 4 aliphatic carbocycles. The van der Waals surface area contributed by atoms with E-state index >= 15 is 0 Å². The first kappa shape index (κ1) is 23.5. The number of urea groups is 1. The van der Waals surface area contributed by atoms with Gasteiger partial charge in [0, 0.05) is 38.6 Å². The van der Waals surface area contributed by atoms with Gasteiger partial charge in [-0.2, -0.15) is 0 Å². The predicted octanol–water partition coefficient (Wildman–Crippen LogP) is 4.10. The Bertz CT molecular complexity index is 845. The van der Waals surface area contributed by atoms with E-state index in [-0.39, 0.29) is 17.5 Å². The molecule has 1 heterocycles. The molecule has 4 bridgehead atoms. The highest BCUT2D eigenvalue weighted by atomic mass is 16.5. The third kappa shape index (κ3) is 5.51. The van der Waals surface area contributed by atoms with Crippen molar-refractivity contribution in [3.63, 3.8) is 0 Å². The molecule has 2 N–H and O–H groups in total. The lowest BCUT2D eigenvalue weighted by Crippen LogP contribution is -2.60. The van der Waals surface area contributed by atoms with E-state index in [2.05, 4.69) is 15.5 Å². The monoisotopic (exact) mass is 468 g/mol. The number of benzene rings is 1. The van der Waals surface area contributed by atoms with Crippen molar-refractivity contribution in [1.82, 2.24) is 15.1 Å². The van der Waals surface area contributed by atoms with Crippen molar-refractivity contribution in [2.75, 3.05) is 44.6 Å². The number of anilines is 1. The van der Waals surface area contributed by atoms with Crippen molar-refractivity contribution in [1.29, 1.82) is 0 Å². The third-order valence-electron chi connectivity index (χ3n) is 8.50. The molecule has 186 valence electrons. The Morgan fingerprint density at radius 2 is 1.62 bits per heavy atom. The Kier molecular flexibility index (Phi) is 7.00. The van der Waals surface area contributed by atoms with Crippen LogP contribution in [0.15, 0.2) is 24.3 Å². The molecule has 1 aliphatic heterocycles. The van der Waals surface area contributed by atoms with Gasteiger partial charge in [0.15, 0.2) is 0 Å². The van der Waals surface area contributed by atoms with Crippen LogP contribution in [0.5, 0.6) is 5.75 Å². The fourth-order valence-corrected chi connectivity index (χ4v) is 7.26. The van der Waals surface area contributed by atoms with Crippen molar-refractivity contribution in [2.24, 2.45) is 17.8 Å². The van der Waals surface area contributed by atoms with Gasteiger partial charge in [0.25, 0.3) is 0 Å². The number of hydrogen-bond acceptors (Lipinski definition) is 4. The van der Waals surface area contributed by atoms with Crippen molar-refractivity contribution in [3.05, 3.63) is 24.3 Å². The second kappa shape index (κ2) is 10.1. The van der Waals surface area contributed by atoms with Gasteiger partial charge in [-0.1, -0.05) is 12.1 Å². The Hall–Kier alpha value is -2.28. The van der Waals surface area contributed by atoms with Crippen molar-refractivity contribution in [3.8, 4) is 5.75 Å². The first-order valence-electron chi connectivity index (χ1n) is 13.3. The molecule has 1 saturated heterocycles. The smallest absolute Gasteiger partial charge is 0.319 e. The summed E-state index contributed by atoms with van der Waals surface area (Å²) in [5.41, 5.74) is 0.745. The van der Waals surface area contributed by atoms with Gasteiger partial charge >= 0.3 is 6.03 Å². The highest BCUT2D eigenvalue weighted by Crippen LogP contribution is 2.55. The summed E-state index contributed by atoms with van der Waals surface area (Å²) in [6.45, 7) is 6.86. The minimum absolute atomic E-state index is 0.00450. The highest BCUT2D eigenvalue weighted by Gasteiger charge is 2.51. The van der Waals surface area contributed by atoms with Gasteiger partial charge in [-0.25, -0.2) is 4.79 Å². The van der Waals surface area contributed by atoms with Gasteiger partial charge in [0.05, 0.1) is 12.3 Å². The predicted molar refractivity (Wildman–Crippen MR) is 133 cm³/mol. The van der Waals surface area contributed by atoms with E-state index in [1.165, 1.54) is 19.3 Å². The van der Waals surface area contributed by atoms with Gasteiger partial charge in [0.2, 0.25) is 5.91 Å². The molecular formula is C27H40N4O3. The molecule has 5 aliphatic rings. The average molecular weight is 469 g/mol. The summed E-state index contributed by atoms with van der Waals surface area (Å²) < 4.78 is 6.06. The largest absolute Gasteiger partial charge is 0.491 e. The second-order valence-electron chi connectivity index (χ2n) is 11.2. The molecule has 7 nitrogen and oxygen atoms in total. The zero-order chi connectivity index (χ0) is 23.5. The third-order valence-corrected chi connectivity index (χ3v) is 8.50. The molecule has 1 aromatic rings. The minimum atomic E-state index is -0.0947. The topological polar surface area (TPSA) is 73.9 Å². The number of nitrogens with zero attached hydrogens (tertiary/aromatic N) is 2. The number of carbonyl (C=O) groups excluding carboxylic acids is 2. The van der Waals surface area contributed by atoms with Gasteiger partial charge in [0.1, 0.15) is 5.75 Å². The first-order chi connectivity index (χ1) is 16.5. The average Bonchev–Trinajstić information content (AvgIpc) is 2.79. The van der Waals surface area contributed by atoms with E-state index in [4.69, 9.17) is 4.74 Å². The van der Waals surface area contributed by atoms with Crippen LogP contribution in [0.2, 0.25) is 0 Å². The molecule has 3 amide bonds. The Balaban J connectivity index is 1.05. The number of nitrogens with one attached hydrogen (secondary N) is 2. The highest BCUT2D eigenvalue weighted by molar-refractivity contribution is 5.91. The van der Waals surface area contributed by atoms with Crippen LogP contribution in [-0.2, 0) is 4.79 Å². The number of piperazine rings is 1. The fourth-order valence-electron chi connectivity index (χ4n) is 7.26. The summed E-state index contributed by atoms with van der Waals surface area (Å²) in [7, 11) is 0. The van der Waals surface area contributed by atoms with Crippen LogP contribution in [0.1, 0.15) is 58.3 Å². The van der Waals surface area contributed by atoms with Crippen molar-refractivity contribution >= 4 is 17.6 Å². The molecule has 5 fully saturated rings. The molecule has 34 heavy (non-hydrogen) atoms. The molecule has 6 rings (SSSR count). The number of para-hydroxylation sites is 2. The van der Waals surface area contributed by atoms with E-state index in [1.807, 2.05) is 29.2 Å². The van der Waals surface area contributed by atoms with E-state index in [9.17, 15) is 9.59 Å². The maximum absolute atomic E-state index is 13.0. The van der Waals surface area contributed by atoms with Crippen LogP contribution in [0, 0.1) is 17.8 Å². The van der Waals surface area contributed by atoms with Gasteiger partial charge in [-0.05, 0) is 87.8 Å². The Morgan fingerprint density at radius 1 is 0.971 bits per heavy atom. The van der Waals surface area contributed by atoms with Crippen molar-refractivity contribution < 1.29 is 14.3 Å². The molecule has 1 aromatic carbocycles. The Labute approximate surface area is 203 Å². The molecule has 0 spiro atoms. The quantitative estimate of drug-likeness (QED) is 0.564. The summed E-state index contributed by atoms with van der Waals surface area (Å²) >= 11 is 0. The number of unbranched alkanes of at least 4 members (excludes halogenated alkanes) is 1. The van der Waals surface area contributed by atoms with E-state index in [0.29, 0.717) is 6.61 Å². The molecular weight excluding hydrogens is 428 g/mol. The number of carbonyl (C=O) groups is 2. The van der Waals surface area contributed by atoms with Gasteiger partial charge < -0.3 is 20.3 Å². The second-order valence-corrected chi connectivity index (χ2v) is 11.2. The van der Waals surface area contributed by atoms with Gasteiger partial charge in [-0.15, -0.1) is 0 Å². The lowest BCUT2D eigenvalue weighted by atomic mass is 9.53. The zero-order valence-corrected chi connectivity index (χ0v) is 20.6. The number of rotatable bonds is 8. The number of amides is 3. The van der Waals surface area contributed by atoms with Gasteiger partial charge in [-0.3, -0.25) is 9.69 Å². The summed E-state index contributed by atoms with van der Waals surface area (Å²) in [6, 6.07) is 7.65. The maximum atomic E-state index is 13.0. The van der Waals surface area contributed by atoms with E-state index in [1.54, 1.807) is 6.92 Å². The van der Waals surface area contributed by atoms with E-state index in [0.717, 1.165) is 94.0 Å². The summed E-state index contributed by atoms with van der Waals surface area (Å²) in [6.07, 6.45) is 9.57. The lowest BCUT2D eigenvalue weighted by Gasteiger charge is -2.56. The molecule has 7 heteroatoms. The summed E-state index contributed by atoms with van der Waals surface area (Å²) in [5, 5.41) is 6.46. The van der Waals surface area contributed by atoms with Crippen LogP contribution < -0.4 is 15.4 Å². The van der Waals surface area contributed by atoms with Crippen LogP contribution >= 0.6 is 0 Å². The standard InChI is InChI=1S/C27H40N4O3/c1-20(32)31-11-9-30(10-12-31)8-4-5-13-34-25-7-3-2-6-24(25)28-26(33)29-27-17-21-14-22(18-27)16-23(15-21)19-27/h2-3,6-7,21-23H,4-5,8-19H2,1H3,(H2,28,29,33). The number of ether oxygens (including phenoxy) is 1. The van der Waals surface area contributed by atoms with Crippen LogP contribution in [0.4, 0.5) is 10.5 Å². The summed E-state index contributed by atoms with van der Waals surface area (Å²) in [5.74, 6) is 3.32. The SMILES string of the molecule is CC(=O)N1CCN(CCCCOc2ccccc2NC(=O)NC23CC4CC(CC(C4)C2)C3)CC1. The van der Waals surface area contributed by atoms with Crippen LogP contribution in [0.3, 0.4) is 0 Å². The molecule has 0 unspecified atom stereocenters. The molecule has 0 atom stereocenters. The summed E-state index contributed by atoms with van der Waals surface area (Å²) in [4.78, 5) is 28.8. The fraction of sp³-hybridized carbons (Fsp3) is 0.704. The zero-order valence-electron chi connectivity index (χ0n) is 20.6. The normalized spacial score (nSPS) is 30.3. The van der Waals surface area contributed by atoms with Crippen LogP contribution in [-0.4, -0.2) is 66.6 Å². The Morgan fingerprint density at radius 3 is 2.26 bits per heavy atom. The van der Waals surface area contributed by atoms with Crippen molar-refractivity contribution in [2.45, 2.75) is 63.8 Å². The lowest BCUT2D eigenvalue weighted by molar-refractivity contribution is -0.130. The first-order valence-corrected chi connectivity index (χ1v) is 13.3. The minimum Gasteiger partial charge on any atom is -0.491 e. The van der Waals surface area contributed by atoms with E-state index < -0.39 is 0 Å². The molecule has 0 aromatic heterocycles. The van der Waals surface area contributed by atoms with Crippen LogP contribution in [0.25, 0.3) is 0 Å².